The normalized spacial score (nSPS) is 11.6. The van der Waals surface area contributed by atoms with Gasteiger partial charge in [0.2, 0.25) is 6.71 Å². The predicted molar refractivity (Wildman–Crippen MR) is 139 cm³/mol. The molecule has 0 nitrogen and oxygen atoms in total. The van der Waals surface area contributed by atoms with E-state index in [-0.39, 0.29) is 6.71 Å². The number of hydrogen-bond donors (Lipinski definition) is 0. The molecule has 0 aliphatic carbocycles. The van der Waals surface area contributed by atoms with Gasteiger partial charge in [0.25, 0.3) is 0 Å². The van der Waals surface area contributed by atoms with Gasteiger partial charge < -0.3 is 0 Å². The van der Waals surface area contributed by atoms with E-state index in [0.717, 1.165) is 0 Å². The molecule has 0 fully saturated rings. The minimum Gasteiger partial charge on any atom is -0.144 e. The summed E-state index contributed by atoms with van der Waals surface area (Å²) in [5, 5.41) is 4.69. The van der Waals surface area contributed by atoms with Gasteiger partial charge in [-0.1, -0.05) is 119 Å². The van der Waals surface area contributed by atoms with Crippen molar-refractivity contribution >= 4 is 51.3 Å². The summed E-state index contributed by atoms with van der Waals surface area (Å²) >= 11 is 1.78. The molecule has 5 aromatic rings. The van der Waals surface area contributed by atoms with Crippen molar-refractivity contribution in [2.75, 3.05) is 0 Å². The molecule has 0 N–H and O–H groups in total. The van der Waals surface area contributed by atoms with Crippen LogP contribution < -0.4 is 10.9 Å². The second-order valence-electron chi connectivity index (χ2n) is 7.93. The molecule has 0 atom stereocenters. The van der Waals surface area contributed by atoms with E-state index in [2.05, 4.69) is 128 Å². The highest BCUT2D eigenvalue weighted by molar-refractivity contribution is 7.11. The molecule has 0 amide bonds. The number of fused-ring (bicyclic) bond motifs is 1. The van der Waals surface area contributed by atoms with E-state index in [0.29, 0.717) is 0 Å². The van der Waals surface area contributed by atoms with Gasteiger partial charge >= 0.3 is 0 Å². The fourth-order valence-corrected chi connectivity index (χ4v) is 4.85. The number of hydrogen-bond acceptors (Lipinski definition) is 1. The smallest absolute Gasteiger partial charge is 0.144 e. The fraction of sp³-hybridized carbons (Fsp3) is 0.0345. The monoisotopic (exact) mass is 414 g/mol. The first-order valence-corrected chi connectivity index (χ1v) is 11.5. The summed E-state index contributed by atoms with van der Waals surface area (Å²) in [5.74, 6) is 0. The third-order valence-electron chi connectivity index (χ3n) is 5.78. The molecule has 0 saturated carbocycles. The van der Waals surface area contributed by atoms with Gasteiger partial charge in [-0.3, -0.25) is 0 Å². The van der Waals surface area contributed by atoms with Crippen LogP contribution in [0.4, 0.5) is 0 Å². The number of thiophene rings is 1. The fourth-order valence-electron chi connectivity index (χ4n) is 4.18. The van der Waals surface area contributed by atoms with Crippen LogP contribution in [0.3, 0.4) is 0 Å². The zero-order chi connectivity index (χ0) is 21.0. The van der Waals surface area contributed by atoms with Gasteiger partial charge in [-0.25, -0.2) is 0 Å². The van der Waals surface area contributed by atoms with Crippen molar-refractivity contribution in [2.45, 2.75) is 6.92 Å². The molecule has 0 aliphatic rings. The molecule has 0 spiro atoms. The maximum absolute atomic E-state index is 2.37. The van der Waals surface area contributed by atoms with E-state index in [1.54, 1.807) is 11.3 Å². The summed E-state index contributed by atoms with van der Waals surface area (Å²) in [6.07, 6.45) is 2.37. The van der Waals surface area contributed by atoms with Crippen LogP contribution in [0.1, 0.15) is 16.0 Å². The van der Waals surface area contributed by atoms with E-state index in [1.165, 1.54) is 43.2 Å². The van der Waals surface area contributed by atoms with Crippen molar-refractivity contribution in [3.05, 3.63) is 131 Å². The first-order chi connectivity index (χ1) is 15.3. The summed E-state index contributed by atoms with van der Waals surface area (Å²) in [4.78, 5) is 1.27. The summed E-state index contributed by atoms with van der Waals surface area (Å²) in [5.41, 5.74) is 6.49. The van der Waals surface area contributed by atoms with E-state index < -0.39 is 0 Å². The van der Waals surface area contributed by atoms with Crippen LogP contribution in [0.2, 0.25) is 0 Å². The van der Waals surface area contributed by atoms with Crippen molar-refractivity contribution in [3.8, 4) is 0 Å². The lowest BCUT2D eigenvalue weighted by Crippen LogP contribution is -2.43. The van der Waals surface area contributed by atoms with Crippen molar-refractivity contribution in [1.82, 2.24) is 0 Å². The Labute approximate surface area is 188 Å². The second kappa shape index (κ2) is 8.79. The Morgan fingerprint density at radius 3 is 2.13 bits per heavy atom. The Bertz CT molecular complexity index is 1320. The predicted octanol–water partition coefficient (Wildman–Crippen LogP) is 6.60. The van der Waals surface area contributed by atoms with Crippen molar-refractivity contribution in [1.29, 1.82) is 0 Å². The van der Waals surface area contributed by atoms with Crippen molar-refractivity contribution < 1.29 is 0 Å². The first kappa shape index (κ1) is 19.6. The second-order valence-corrected chi connectivity index (χ2v) is 8.91. The highest BCUT2D eigenvalue weighted by Gasteiger charge is 2.25. The lowest BCUT2D eigenvalue weighted by atomic mass is 9.35. The van der Waals surface area contributed by atoms with E-state index in [1.807, 2.05) is 0 Å². The van der Waals surface area contributed by atoms with Crippen molar-refractivity contribution in [3.63, 3.8) is 0 Å². The van der Waals surface area contributed by atoms with Gasteiger partial charge in [0.05, 0.1) is 0 Å². The highest BCUT2D eigenvalue weighted by Crippen LogP contribution is 2.27. The number of rotatable bonds is 5. The Morgan fingerprint density at radius 2 is 1.39 bits per heavy atom. The molecule has 0 unspecified atom stereocenters. The SMILES string of the molecule is Cc1ccc(B(/C(=C\c2cccs2)c2ccc3ccccc3c2)c2ccccc2)cc1. The van der Waals surface area contributed by atoms with Gasteiger partial charge in [-0.2, -0.15) is 0 Å². The summed E-state index contributed by atoms with van der Waals surface area (Å²) in [7, 11) is 0. The van der Waals surface area contributed by atoms with E-state index >= 15 is 0 Å². The molecule has 2 heteroatoms. The first-order valence-electron chi connectivity index (χ1n) is 10.6. The Balaban J connectivity index is 1.75. The van der Waals surface area contributed by atoms with Crippen LogP contribution in [-0.2, 0) is 0 Å². The topological polar surface area (TPSA) is 0 Å². The Morgan fingerprint density at radius 1 is 0.677 bits per heavy atom. The molecule has 0 saturated heterocycles. The standard InChI is InChI=1S/C29H23BS/c1-22-13-17-27(18-14-22)30(26-10-3-2-4-11-26)29(21-28-12-7-19-31-28)25-16-15-23-8-5-6-9-24(23)20-25/h2-21H,1H3/b29-21-. The lowest BCUT2D eigenvalue weighted by Gasteiger charge is -2.20. The minimum absolute atomic E-state index is 0.157. The highest BCUT2D eigenvalue weighted by atomic mass is 32.1. The minimum atomic E-state index is 0.157. The molecule has 0 bridgehead atoms. The zero-order valence-corrected chi connectivity index (χ0v) is 18.3. The van der Waals surface area contributed by atoms with Crippen LogP contribution in [0.25, 0.3) is 22.3 Å². The largest absolute Gasteiger partial charge is 0.242 e. The Hall–Kier alpha value is -3.36. The van der Waals surface area contributed by atoms with Gasteiger partial charge in [0.1, 0.15) is 0 Å². The molecule has 148 valence electrons. The van der Waals surface area contributed by atoms with Crippen LogP contribution in [0.5, 0.6) is 0 Å². The van der Waals surface area contributed by atoms with Gasteiger partial charge in [-0.05, 0) is 46.8 Å². The van der Waals surface area contributed by atoms with Crippen LogP contribution in [-0.4, -0.2) is 6.71 Å². The van der Waals surface area contributed by atoms with Gasteiger partial charge in [0.15, 0.2) is 0 Å². The van der Waals surface area contributed by atoms with Crippen LogP contribution in [0.15, 0.2) is 115 Å². The molecule has 1 heterocycles. The average Bonchev–Trinajstić information content (AvgIpc) is 3.33. The molecule has 31 heavy (non-hydrogen) atoms. The number of benzene rings is 4. The quantitative estimate of drug-likeness (QED) is 0.284. The van der Waals surface area contributed by atoms with Crippen LogP contribution >= 0.6 is 11.3 Å². The Kier molecular flexibility index (Phi) is 5.56. The molecular weight excluding hydrogens is 391 g/mol. The lowest BCUT2D eigenvalue weighted by molar-refractivity contribution is 1.49. The molecule has 0 aliphatic heterocycles. The van der Waals surface area contributed by atoms with E-state index in [9.17, 15) is 0 Å². The zero-order valence-electron chi connectivity index (χ0n) is 17.5. The van der Waals surface area contributed by atoms with Gasteiger partial charge in [-0.15, -0.1) is 11.3 Å². The third-order valence-corrected chi connectivity index (χ3v) is 6.60. The van der Waals surface area contributed by atoms with Crippen molar-refractivity contribution in [2.24, 2.45) is 0 Å². The van der Waals surface area contributed by atoms with E-state index in [4.69, 9.17) is 0 Å². The summed E-state index contributed by atoms with van der Waals surface area (Å²) in [6.45, 7) is 2.30. The molecule has 4 aromatic carbocycles. The maximum Gasteiger partial charge on any atom is 0.242 e. The maximum atomic E-state index is 2.37. The molecular formula is C29H23BS. The summed E-state index contributed by atoms with van der Waals surface area (Å²) < 4.78 is 0. The van der Waals surface area contributed by atoms with Gasteiger partial charge in [0, 0.05) is 4.88 Å². The molecule has 1 aromatic heterocycles. The van der Waals surface area contributed by atoms with Crippen LogP contribution in [0, 0.1) is 6.92 Å². The number of aryl methyl sites for hydroxylation is 1. The molecule has 5 rings (SSSR count). The molecule has 0 radical (unpaired) electrons. The average molecular weight is 414 g/mol. The third kappa shape index (κ3) is 4.26. The summed E-state index contributed by atoms with van der Waals surface area (Å²) in [6, 6.07) is 39.6.